The zero-order valence-electron chi connectivity index (χ0n) is 17.0. The second-order valence-corrected chi connectivity index (χ2v) is 10.3. The molecule has 1 N–H and O–H groups in total. The van der Waals surface area contributed by atoms with Crippen molar-refractivity contribution in [3.63, 3.8) is 0 Å². The average molecular weight is 408 g/mol. The van der Waals surface area contributed by atoms with Gasteiger partial charge in [0.2, 0.25) is 15.9 Å². The highest BCUT2D eigenvalue weighted by Gasteiger charge is 2.37. The lowest BCUT2D eigenvalue weighted by Gasteiger charge is -2.36. The number of benzene rings is 1. The van der Waals surface area contributed by atoms with E-state index in [1.165, 1.54) is 10.7 Å². The molecule has 1 aromatic carbocycles. The van der Waals surface area contributed by atoms with Gasteiger partial charge >= 0.3 is 0 Å². The van der Waals surface area contributed by atoms with Crippen LogP contribution in [-0.2, 0) is 14.8 Å². The summed E-state index contributed by atoms with van der Waals surface area (Å²) in [5.74, 6) is 1.20. The normalized spacial score (nSPS) is 27.4. The molecule has 2 heterocycles. The Hall–Kier alpha value is -1.44. The van der Waals surface area contributed by atoms with E-state index >= 15 is 0 Å². The third-order valence-corrected chi connectivity index (χ3v) is 7.70. The topological polar surface area (TPSA) is 69.7 Å². The fraction of sp³-hybridized carbons (Fsp3) is 0.667. The van der Waals surface area contributed by atoms with Crippen molar-refractivity contribution in [2.45, 2.75) is 50.5 Å². The predicted octanol–water partition coefficient (Wildman–Crippen LogP) is 2.32. The summed E-state index contributed by atoms with van der Waals surface area (Å²) < 4.78 is 27.5. The first-order valence-electron chi connectivity index (χ1n) is 10.4. The number of piperidine rings is 2. The number of carbonyl (C=O) groups excluding carboxylic acids is 1. The molecule has 2 aliphatic rings. The molecule has 3 rings (SSSR count). The molecule has 0 radical (unpaired) electrons. The standard InChI is InChI=1S/C21H33N3O3S/c1-17-14-18(2)16-23(15-17)13-11-22-21(25)20-10-6-7-12-24(20)28(26,27)19-8-4-3-5-9-19/h3-5,8-9,17-18,20H,6-7,10-16H2,1-2H3,(H,22,25). The molecule has 0 spiro atoms. The van der Waals surface area contributed by atoms with Gasteiger partial charge in [-0.05, 0) is 43.2 Å². The lowest BCUT2D eigenvalue weighted by Crippen LogP contribution is -2.53. The van der Waals surface area contributed by atoms with Gasteiger partial charge in [-0.1, -0.05) is 38.5 Å². The molecule has 0 aromatic heterocycles. The van der Waals surface area contributed by atoms with Crippen LogP contribution in [0.2, 0.25) is 0 Å². The quantitative estimate of drug-likeness (QED) is 0.786. The molecule has 28 heavy (non-hydrogen) atoms. The van der Waals surface area contributed by atoms with Gasteiger partial charge in [0.05, 0.1) is 4.90 Å². The van der Waals surface area contributed by atoms with E-state index in [0.29, 0.717) is 31.3 Å². The van der Waals surface area contributed by atoms with E-state index in [2.05, 4.69) is 24.1 Å². The lowest BCUT2D eigenvalue weighted by molar-refractivity contribution is -0.125. The number of carbonyl (C=O) groups is 1. The maximum absolute atomic E-state index is 13.0. The van der Waals surface area contributed by atoms with E-state index in [1.54, 1.807) is 30.3 Å². The maximum Gasteiger partial charge on any atom is 0.243 e. The Kier molecular flexibility index (Phi) is 7.12. The maximum atomic E-state index is 13.0. The molecule has 3 atom stereocenters. The molecule has 0 aliphatic carbocycles. The molecular formula is C21H33N3O3S. The summed E-state index contributed by atoms with van der Waals surface area (Å²) in [6.45, 7) is 8.46. The van der Waals surface area contributed by atoms with E-state index in [-0.39, 0.29) is 10.8 Å². The second-order valence-electron chi connectivity index (χ2n) is 8.44. The molecular weight excluding hydrogens is 374 g/mol. The highest BCUT2D eigenvalue weighted by Crippen LogP contribution is 2.25. The number of hydrogen-bond acceptors (Lipinski definition) is 4. The van der Waals surface area contributed by atoms with E-state index in [9.17, 15) is 13.2 Å². The Labute approximate surface area is 169 Å². The first kappa shape index (κ1) is 21.3. The lowest BCUT2D eigenvalue weighted by atomic mass is 9.92. The van der Waals surface area contributed by atoms with Gasteiger partial charge in [0.1, 0.15) is 6.04 Å². The predicted molar refractivity (Wildman–Crippen MR) is 110 cm³/mol. The summed E-state index contributed by atoms with van der Waals surface area (Å²) in [6, 6.07) is 7.80. The molecule has 2 fully saturated rings. The number of nitrogens with zero attached hydrogens (tertiary/aromatic N) is 2. The fourth-order valence-corrected chi connectivity index (χ4v) is 6.29. The van der Waals surface area contributed by atoms with Crippen molar-refractivity contribution in [2.75, 3.05) is 32.7 Å². The SMILES string of the molecule is CC1CC(C)CN(CCNC(=O)C2CCCCN2S(=O)(=O)c2ccccc2)C1. The molecule has 0 bridgehead atoms. The molecule has 0 saturated carbocycles. The fourth-order valence-electron chi connectivity index (χ4n) is 4.61. The van der Waals surface area contributed by atoms with Crippen LogP contribution in [0.15, 0.2) is 35.2 Å². The van der Waals surface area contributed by atoms with Gasteiger partial charge in [-0.25, -0.2) is 8.42 Å². The molecule has 2 aliphatic heterocycles. The second kappa shape index (κ2) is 9.37. The molecule has 7 heteroatoms. The molecule has 2 saturated heterocycles. The van der Waals surface area contributed by atoms with Crippen LogP contribution in [0.3, 0.4) is 0 Å². The van der Waals surface area contributed by atoms with Crippen molar-refractivity contribution >= 4 is 15.9 Å². The van der Waals surface area contributed by atoms with E-state index in [1.807, 2.05) is 0 Å². The van der Waals surface area contributed by atoms with Crippen molar-refractivity contribution in [1.29, 1.82) is 0 Å². The molecule has 6 nitrogen and oxygen atoms in total. The van der Waals surface area contributed by atoms with E-state index < -0.39 is 16.1 Å². The highest BCUT2D eigenvalue weighted by atomic mass is 32.2. The zero-order valence-corrected chi connectivity index (χ0v) is 17.8. The molecule has 1 aromatic rings. The third kappa shape index (κ3) is 5.13. The zero-order chi connectivity index (χ0) is 20.1. The van der Waals surface area contributed by atoms with Crippen LogP contribution in [0.1, 0.15) is 39.5 Å². The molecule has 156 valence electrons. The van der Waals surface area contributed by atoms with Gasteiger partial charge in [0, 0.05) is 32.7 Å². The minimum absolute atomic E-state index is 0.169. The van der Waals surface area contributed by atoms with E-state index in [4.69, 9.17) is 0 Å². The third-order valence-electron chi connectivity index (χ3n) is 5.78. The number of amides is 1. The summed E-state index contributed by atoms with van der Waals surface area (Å²) in [7, 11) is -3.65. The van der Waals surface area contributed by atoms with Gasteiger partial charge < -0.3 is 10.2 Å². The number of sulfonamides is 1. The average Bonchev–Trinajstić information content (AvgIpc) is 2.68. The van der Waals surface area contributed by atoms with Gasteiger partial charge in [-0.2, -0.15) is 4.31 Å². The Morgan fingerprint density at radius 1 is 1.11 bits per heavy atom. The number of hydrogen-bond donors (Lipinski definition) is 1. The van der Waals surface area contributed by atoms with Crippen molar-refractivity contribution in [2.24, 2.45) is 11.8 Å². The minimum atomic E-state index is -3.65. The first-order chi connectivity index (χ1) is 13.4. The highest BCUT2D eigenvalue weighted by molar-refractivity contribution is 7.89. The number of nitrogens with one attached hydrogen (secondary N) is 1. The molecule has 1 amide bonds. The summed E-state index contributed by atoms with van der Waals surface area (Å²) in [6.07, 6.45) is 3.51. The summed E-state index contributed by atoms with van der Waals surface area (Å²) in [5, 5.41) is 3.00. The van der Waals surface area contributed by atoms with Crippen LogP contribution >= 0.6 is 0 Å². The van der Waals surface area contributed by atoms with Crippen LogP contribution < -0.4 is 5.32 Å². The van der Waals surface area contributed by atoms with Crippen molar-refractivity contribution in [3.05, 3.63) is 30.3 Å². The Balaban J connectivity index is 1.60. The largest absolute Gasteiger partial charge is 0.353 e. The Morgan fingerprint density at radius 3 is 2.46 bits per heavy atom. The van der Waals surface area contributed by atoms with Crippen LogP contribution in [0.5, 0.6) is 0 Å². The Bertz CT molecular complexity index is 743. The smallest absolute Gasteiger partial charge is 0.243 e. The van der Waals surface area contributed by atoms with E-state index in [0.717, 1.165) is 32.5 Å². The van der Waals surface area contributed by atoms with Crippen molar-refractivity contribution in [1.82, 2.24) is 14.5 Å². The van der Waals surface area contributed by atoms with Gasteiger partial charge in [0.15, 0.2) is 0 Å². The summed E-state index contributed by atoms with van der Waals surface area (Å²) >= 11 is 0. The van der Waals surface area contributed by atoms with Crippen LogP contribution in [0, 0.1) is 11.8 Å². The van der Waals surface area contributed by atoms with Crippen LogP contribution in [-0.4, -0.2) is 62.3 Å². The van der Waals surface area contributed by atoms with Crippen molar-refractivity contribution < 1.29 is 13.2 Å². The summed E-state index contributed by atoms with van der Waals surface area (Å²) in [5.41, 5.74) is 0. The molecule has 3 unspecified atom stereocenters. The van der Waals surface area contributed by atoms with Crippen LogP contribution in [0.25, 0.3) is 0 Å². The summed E-state index contributed by atoms with van der Waals surface area (Å²) in [4.78, 5) is 15.5. The van der Waals surface area contributed by atoms with Crippen molar-refractivity contribution in [3.8, 4) is 0 Å². The first-order valence-corrected chi connectivity index (χ1v) is 11.9. The Morgan fingerprint density at radius 2 is 1.79 bits per heavy atom. The van der Waals surface area contributed by atoms with Gasteiger partial charge in [0.25, 0.3) is 0 Å². The van der Waals surface area contributed by atoms with Gasteiger partial charge in [-0.3, -0.25) is 4.79 Å². The van der Waals surface area contributed by atoms with Crippen LogP contribution in [0.4, 0.5) is 0 Å². The van der Waals surface area contributed by atoms with Gasteiger partial charge in [-0.15, -0.1) is 0 Å². The number of likely N-dealkylation sites (tertiary alicyclic amines) is 1. The minimum Gasteiger partial charge on any atom is -0.353 e. The monoisotopic (exact) mass is 407 g/mol. The number of rotatable bonds is 6.